The number of rotatable bonds is 3. The second kappa shape index (κ2) is 6.01. The molecule has 0 spiro atoms. The second-order valence-electron chi connectivity index (χ2n) is 4.96. The Morgan fingerprint density at radius 2 is 1.62 bits per heavy atom. The molecule has 1 aliphatic rings. The molecule has 1 fully saturated rings. The van der Waals surface area contributed by atoms with E-state index in [1.807, 2.05) is 13.0 Å². The van der Waals surface area contributed by atoms with Crippen molar-refractivity contribution in [3.05, 3.63) is 35.9 Å². The summed E-state index contributed by atoms with van der Waals surface area (Å²) in [6, 6.07) is 1.82. The van der Waals surface area contributed by atoms with Crippen LogP contribution in [0.2, 0.25) is 0 Å². The van der Waals surface area contributed by atoms with Gasteiger partial charge in [-0.05, 0) is 13.0 Å². The molecule has 1 saturated heterocycles. The number of piperazine rings is 1. The maximum absolute atomic E-state index is 9.17. The molecule has 3 heterocycles. The normalized spacial score (nSPS) is 15.3. The number of hydrogen-bond donors (Lipinski definition) is 1. The van der Waals surface area contributed by atoms with E-state index >= 15 is 0 Å². The van der Waals surface area contributed by atoms with Crippen LogP contribution in [0.25, 0.3) is 0 Å². The molecular weight excluding hydrogens is 268 g/mol. The van der Waals surface area contributed by atoms with Crippen molar-refractivity contribution in [2.45, 2.75) is 13.5 Å². The summed E-state index contributed by atoms with van der Waals surface area (Å²) in [5.41, 5.74) is 1.60. The van der Waals surface area contributed by atoms with E-state index in [4.69, 9.17) is 5.11 Å². The standard InChI is InChI=1S/C14H18N6O/c1-11-12(10-21)9-17-14(18-11)20-7-5-19(6-8-20)13-15-3-2-4-16-13/h2-4,9,21H,5-8,10H2,1H3. The van der Waals surface area contributed by atoms with Crippen LogP contribution in [0.5, 0.6) is 0 Å². The van der Waals surface area contributed by atoms with Gasteiger partial charge >= 0.3 is 0 Å². The van der Waals surface area contributed by atoms with E-state index in [1.54, 1.807) is 18.6 Å². The van der Waals surface area contributed by atoms with Crippen LogP contribution < -0.4 is 9.80 Å². The minimum absolute atomic E-state index is 0.0226. The Labute approximate surface area is 123 Å². The number of aromatic nitrogens is 4. The molecule has 0 aromatic carbocycles. The van der Waals surface area contributed by atoms with E-state index in [1.165, 1.54) is 0 Å². The van der Waals surface area contributed by atoms with E-state index in [0.29, 0.717) is 0 Å². The summed E-state index contributed by atoms with van der Waals surface area (Å²) in [4.78, 5) is 21.7. The van der Waals surface area contributed by atoms with Gasteiger partial charge in [0.1, 0.15) is 0 Å². The molecule has 0 aliphatic carbocycles. The first-order valence-electron chi connectivity index (χ1n) is 6.98. The van der Waals surface area contributed by atoms with Crippen LogP contribution in [-0.4, -0.2) is 51.2 Å². The van der Waals surface area contributed by atoms with E-state index in [-0.39, 0.29) is 6.61 Å². The molecule has 0 atom stereocenters. The first-order chi connectivity index (χ1) is 10.3. The third kappa shape index (κ3) is 2.92. The highest BCUT2D eigenvalue weighted by atomic mass is 16.3. The SMILES string of the molecule is Cc1nc(N2CCN(c3ncccn3)CC2)ncc1CO. The van der Waals surface area contributed by atoms with Gasteiger partial charge < -0.3 is 14.9 Å². The predicted octanol–water partition coefficient (Wildman–Crippen LogP) is 0.394. The van der Waals surface area contributed by atoms with Crippen molar-refractivity contribution in [1.29, 1.82) is 0 Å². The molecule has 0 amide bonds. The van der Waals surface area contributed by atoms with Gasteiger partial charge in [-0.25, -0.2) is 19.9 Å². The number of nitrogens with zero attached hydrogens (tertiary/aromatic N) is 6. The minimum Gasteiger partial charge on any atom is -0.392 e. The zero-order valence-corrected chi connectivity index (χ0v) is 12.0. The fourth-order valence-corrected chi connectivity index (χ4v) is 2.35. The monoisotopic (exact) mass is 286 g/mol. The van der Waals surface area contributed by atoms with Gasteiger partial charge in [-0.15, -0.1) is 0 Å². The first-order valence-corrected chi connectivity index (χ1v) is 6.98. The second-order valence-corrected chi connectivity index (χ2v) is 4.96. The van der Waals surface area contributed by atoms with Gasteiger partial charge in [0.2, 0.25) is 11.9 Å². The Hall–Kier alpha value is -2.28. The topological polar surface area (TPSA) is 78.3 Å². The highest BCUT2D eigenvalue weighted by Crippen LogP contribution is 2.15. The molecule has 7 nitrogen and oxygen atoms in total. The van der Waals surface area contributed by atoms with Crippen LogP contribution in [0.1, 0.15) is 11.3 Å². The average Bonchev–Trinajstić information content (AvgIpc) is 2.56. The molecule has 0 bridgehead atoms. The molecule has 2 aromatic heterocycles. The summed E-state index contributed by atoms with van der Waals surface area (Å²) in [6.07, 6.45) is 5.22. The molecule has 0 radical (unpaired) electrons. The third-order valence-electron chi connectivity index (χ3n) is 3.64. The lowest BCUT2D eigenvalue weighted by Crippen LogP contribution is -2.47. The van der Waals surface area contributed by atoms with Crippen LogP contribution in [0.15, 0.2) is 24.7 Å². The quantitative estimate of drug-likeness (QED) is 0.874. The molecule has 7 heteroatoms. The van der Waals surface area contributed by atoms with E-state index < -0.39 is 0 Å². The van der Waals surface area contributed by atoms with Crippen LogP contribution in [0.3, 0.4) is 0 Å². The Morgan fingerprint density at radius 1 is 1.00 bits per heavy atom. The third-order valence-corrected chi connectivity index (χ3v) is 3.64. The molecule has 0 saturated carbocycles. The molecule has 110 valence electrons. The lowest BCUT2D eigenvalue weighted by atomic mass is 10.2. The predicted molar refractivity (Wildman–Crippen MR) is 79.1 cm³/mol. The van der Waals surface area contributed by atoms with Crippen molar-refractivity contribution < 1.29 is 5.11 Å². The van der Waals surface area contributed by atoms with E-state index in [9.17, 15) is 0 Å². The van der Waals surface area contributed by atoms with Crippen molar-refractivity contribution in [2.24, 2.45) is 0 Å². The number of aryl methyl sites for hydroxylation is 1. The van der Waals surface area contributed by atoms with E-state index in [0.717, 1.165) is 49.3 Å². The maximum Gasteiger partial charge on any atom is 0.225 e. The molecule has 1 N–H and O–H groups in total. The summed E-state index contributed by atoms with van der Waals surface area (Å²) >= 11 is 0. The van der Waals surface area contributed by atoms with Crippen molar-refractivity contribution in [3.63, 3.8) is 0 Å². The smallest absolute Gasteiger partial charge is 0.225 e. The molecule has 3 rings (SSSR count). The lowest BCUT2D eigenvalue weighted by molar-refractivity contribution is 0.280. The average molecular weight is 286 g/mol. The van der Waals surface area contributed by atoms with Crippen LogP contribution in [0, 0.1) is 6.92 Å². The fraction of sp³-hybridized carbons (Fsp3) is 0.429. The van der Waals surface area contributed by atoms with Gasteiger partial charge in [0.15, 0.2) is 0 Å². The zero-order valence-electron chi connectivity index (χ0n) is 12.0. The molecule has 2 aromatic rings. The largest absolute Gasteiger partial charge is 0.392 e. The van der Waals surface area contributed by atoms with Gasteiger partial charge in [0, 0.05) is 56.0 Å². The first kappa shape index (κ1) is 13.7. The minimum atomic E-state index is -0.0226. The molecule has 1 aliphatic heterocycles. The Morgan fingerprint density at radius 3 is 2.19 bits per heavy atom. The maximum atomic E-state index is 9.17. The fourth-order valence-electron chi connectivity index (χ4n) is 2.35. The zero-order chi connectivity index (χ0) is 14.7. The summed E-state index contributed by atoms with van der Waals surface area (Å²) in [6.45, 7) is 5.21. The van der Waals surface area contributed by atoms with Crippen LogP contribution in [0.4, 0.5) is 11.9 Å². The molecule has 0 unspecified atom stereocenters. The summed E-state index contributed by atoms with van der Waals surface area (Å²) in [5.74, 6) is 1.49. The van der Waals surface area contributed by atoms with Gasteiger partial charge in [-0.2, -0.15) is 0 Å². The molecule has 21 heavy (non-hydrogen) atoms. The van der Waals surface area contributed by atoms with Crippen LogP contribution in [-0.2, 0) is 6.61 Å². The van der Waals surface area contributed by atoms with Crippen molar-refractivity contribution in [1.82, 2.24) is 19.9 Å². The van der Waals surface area contributed by atoms with Crippen molar-refractivity contribution in [2.75, 3.05) is 36.0 Å². The Kier molecular flexibility index (Phi) is 3.92. The highest BCUT2D eigenvalue weighted by Gasteiger charge is 2.20. The lowest BCUT2D eigenvalue weighted by Gasteiger charge is -2.34. The van der Waals surface area contributed by atoms with Gasteiger partial charge in [0.25, 0.3) is 0 Å². The Balaban J connectivity index is 1.67. The Bertz CT molecular complexity index is 598. The number of aliphatic hydroxyl groups is 1. The number of aliphatic hydroxyl groups excluding tert-OH is 1. The number of hydrogen-bond acceptors (Lipinski definition) is 7. The number of anilines is 2. The van der Waals surface area contributed by atoms with Gasteiger partial charge in [0.05, 0.1) is 6.61 Å². The summed E-state index contributed by atoms with van der Waals surface area (Å²) in [5, 5.41) is 9.17. The van der Waals surface area contributed by atoms with Crippen molar-refractivity contribution in [3.8, 4) is 0 Å². The molecular formula is C14H18N6O. The van der Waals surface area contributed by atoms with Crippen molar-refractivity contribution >= 4 is 11.9 Å². The van der Waals surface area contributed by atoms with Gasteiger partial charge in [-0.3, -0.25) is 0 Å². The van der Waals surface area contributed by atoms with Crippen LogP contribution >= 0.6 is 0 Å². The highest BCUT2D eigenvalue weighted by molar-refractivity contribution is 5.38. The van der Waals surface area contributed by atoms with Gasteiger partial charge in [-0.1, -0.05) is 0 Å². The summed E-state index contributed by atoms with van der Waals surface area (Å²) < 4.78 is 0. The summed E-state index contributed by atoms with van der Waals surface area (Å²) in [7, 11) is 0. The van der Waals surface area contributed by atoms with E-state index in [2.05, 4.69) is 29.7 Å².